The van der Waals surface area contributed by atoms with Crippen LogP contribution >= 0.6 is 11.3 Å². The van der Waals surface area contributed by atoms with Crippen molar-refractivity contribution in [3.8, 4) is 11.5 Å². The molecule has 31 heavy (non-hydrogen) atoms. The Morgan fingerprint density at radius 1 is 1.23 bits per heavy atom. The average molecular weight is 459 g/mol. The van der Waals surface area contributed by atoms with Crippen LogP contribution in [-0.2, 0) is 4.74 Å². The van der Waals surface area contributed by atoms with Gasteiger partial charge in [-0.25, -0.2) is 9.78 Å². The predicted molar refractivity (Wildman–Crippen MR) is 102 cm³/mol. The van der Waals surface area contributed by atoms with Gasteiger partial charge in [0.2, 0.25) is 0 Å². The molecule has 2 aromatic rings. The SMILES string of the molecule is O=C(O)c1csc([C@H]2CC[C@@H]3[C@H](COc4ccc(OC(F)(F)F)cc4)[C@H](O)C[C@@H]3O2)n1. The van der Waals surface area contributed by atoms with Crippen LogP contribution in [0.5, 0.6) is 11.5 Å². The number of benzene rings is 1. The van der Waals surface area contributed by atoms with Gasteiger partial charge in [-0.1, -0.05) is 0 Å². The maximum Gasteiger partial charge on any atom is 0.573 e. The number of hydrogen-bond acceptors (Lipinski definition) is 7. The Hall–Kier alpha value is -2.37. The third-order valence-corrected chi connectivity index (χ3v) is 6.55. The largest absolute Gasteiger partial charge is 0.573 e. The minimum Gasteiger partial charge on any atom is -0.493 e. The lowest BCUT2D eigenvalue weighted by Crippen LogP contribution is -2.33. The number of carbonyl (C=O) groups is 1. The van der Waals surface area contributed by atoms with E-state index < -0.39 is 18.4 Å². The molecule has 1 saturated heterocycles. The topological polar surface area (TPSA) is 98.1 Å². The highest BCUT2D eigenvalue weighted by Crippen LogP contribution is 2.46. The van der Waals surface area contributed by atoms with E-state index in [1.54, 1.807) is 0 Å². The van der Waals surface area contributed by atoms with Crippen LogP contribution in [0.1, 0.15) is 40.9 Å². The number of aromatic nitrogens is 1. The molecule has 2 N–H and O–H groups in total. The number of ether oxygens (including phenoxy) is 3. The Balaban J connectivity index is 1.33. The summed E-state index contributed by atoms with van der Waals surface area (Å²) < 4.78 is 52.4. The summed E-state index contributed by atoms with van der Waals surface area (Å²) in [5.74, 6) is -1.15. The first-order valence-electron chi connectivity index (χ1n) is 9.70. The first-order valence-corrected chi connectivity index (χ1v) is 10.6. The zero-order valence-electron chi connectivity index (χ0n) is 16.1. The second kappa shape index (κ2) is 8.64. The fourth-order valence-corrected chi connectivity index (χ4v) is 5.07. The molecule has 7 nitrogen and oxygen atoms in total. The van der Waals surface area contributed by atoms with E-state index in [2.05, 4.69) is 9.72 Å². The first-order chi connectivity index (χ1) is 14.7. The molecule has 2 fully saturated rings. The van der Waals surface area contributed by atoms with E-state index >= 15 is 0 Å². The van der Waals surface area contributed by atoms with Gasteiger partial charge in [-0.15, -0.1) is 24.5 Å². The number of aliphatic hydroxyl groups excluding tert-OH is 1. The molecule has 0 unspecified atom stereocenters. The van der Waals surface area contributed by atoms with Gasteiger partial charge in [-0.05, 0) is 43.0 Å². The molecule has 1 aromatic heterocycles. The second-order valence-electron chi connectivity index (χ2n) is 7.58. The molecule has 1 saturated carbocycles. The number of carboxylic acid groups (broad SMARTS) is 1. The van der Waals surface area contributed by atoms with Crippen LogP contribution < -0.4 is 9.47 Å². The number of nitrogens with zero attached hydrogens (tertiary/aromatic N) is 1. The van der Waals surface area contributed by atoms with Crippen molar-refractivity contribution in [1.29, 1.82) is 0 Å². The van der Waals surface area contributed by atoms with E-state index in [1.165, 1.54) is 41.0 Å². The lowest BCUT2D eigenvalue weighted by Gasteiger charge is -2.33. The van der Waals surface area contributed by atoms with Gasteiger partial charge in [0.15, 0.2) is 5.69 Å². The number of aliphatic hydroxyl groups is 1. The number of rotatable bonds is 6. The molecule has 1 aromatic carbocycles. The predicted octanol–water partition coefficient (Wildman–Crippen LogP) is 4.04. The van der Waals surface area contributed by atoms with E-state index in [1.807, 2.05) is 0 Å². The maximum absolute atomic E-state index is 12.2. The Morgan fingerprint density at radius 2 is 1.94 bits per heavy atom. The lowest BCUT2D eigenvalue weighted by molar-refractivity contribution is -0.274. The minimum absolute atomic E-state index is 0.00453. The number of aromatic carboxylic acids is 1. The van der Waals surface area contributed by atoms with Crippen molar-refractivity contribution in [2.75, 3.05) is 6.61 Å². The molecule has 0 bridgehead atoms. The smallest absolute Gasteiger partial charge is 0.493 e. The van der Waals surface area contributed by atoms with Gasteiger partial charge in [0, 0.05) is 17.7 Å². The Kier molecular flexibility index (Phi) is 6.09. The minimum atomic E-state index is -4.75. The Labute approximate surface area is 179 Å². The van der Waals surface area contributed by atoms with Crippen LogP contribution in [-0.4, -0.2) is 46.3 Å². The number of carboxylic acids is 1. The van der Waals surface area contributed by atoms with Crippen molar-refractivity contribution in [2.45, 2.75) is 43.9 Å². The molecule has 0 amide bonds. The molecule has 2 heterocycles. The van der Waals surface area contributed by atoms with Crippen LogP contribution in [0.25, 0.3) is 0 Å². The van der Waals surface area contributed by atoms with E-state index in [9.17, 15) is 23.1 Å². The fourth-order valence-electron chi connectivity index (χ4n) is 4.21. The molecule has 168 valence electrons. The van der Waals surface area contributed by atoms with E-state index in [0.717, 1.165) is 6.42 Å². The van der Waals surface area contributed by atoms with Gasteiger partial charge in [-0.3, -0.25) is 0 Å². The van der Waals surface area contributed by atoms with Gasteiger partial charge >= 0.3 is 12.3 Å². The number of fused-ring (bicyclic) bond motifs is 1. The summed E-state index contributed by atoms with van der Waals surface area (Å²) in [6.45, 7) is 0.205. The zero-order chi connectivity index (χ0) is 22.2. The summed E-state index contributed by atoms with van der Waals surface area (Å²) >= 11 is 1.25. The normalized spacial score (nSPS) is 28.2. The van der Waals surface area contributed by atoms with Crippen molar-refractivity contribution in [2.24, 2.45) is 11.8 Å². The molecule has 4 rings (SSSR count). The van der Waals surface area contributed by atoms with Gasteiger partial charge < -0.3 is 24.4 Å². The molecule has 5 atom stereocenters. The van der Waals surface area contributed by atoms with Crippen LogP contribution in [0, 0.1) is 11.8 Å². The summed E-state index contributed by atoms with van der Waals surface area (Å²) in [4.78, 5) is 15.2. The van der Waals surface area contributed by atoms with Gasteiger partial charge in [0.1, 0.15) is 22.6 Å². The van der Waals surface area contributed by atoms with Gasteiger partial charge in [-0.2, -0.15) is 0 Å². The maximum atomic E-state index is 12.2. The molecule has 0 radical (unpaired) electrons. The van der Waals surface area contributed by atoms with Crippen molar-refractivity contribution in [3.05, 3.63) is 40.3 Å². The van der Waals surface area contributed by atoms with Crippen molar-refractivity contribution < 1.29 is 42.4 Å². The monoisotopic (exact) mass is 459 g/mol. The average Bonchev–Trinajstić information content (AvgIpc) is 3.30. The summed E-state index contributed by atoms with van der Waals surface area (Å²) in [5.41, 5.74) is -0.00453. The molecular formula is C20H20F3NO6S. The lowest BCUT2D eigenvalue weighted by atomic mass is 9.87. The Morgan fingerprint density at radius 3 is 2.58 bits per heavy atom. The third kappa shape index (κ3) is 5.10. The first kappa shape index (κ1) is 21.8. The van der Waals surface area contributed by atoms with E-state index in [0.29, 0.717) is 23.6 Å². The summed E-state index contributed by atoms with van der Waals surface area (Å²) in [7, 11) is 0. The summed E-state index contributed by atoms with van der Waals surface area (Å²) in [6.07, 6.45) is -4.02. The van der Waals surface area contributed by atoms with E-state index in [-0.39, 0.29) is 42.1 Å². The van der Waals surface area contributed by atoms with Crippen LogP contribution in [0.2, 0.25) is 0 Å². The second-order valence-corrected chi connectivity index (χ2v) is 8.47. The summed E-state index contributed by atoms with van der Waals surface area (Å²) in [5, 5.41) is 21.6. The molecule has 11 heteroatoms. The fraction of sp³-hybridized carbons (Fsp3) is 0.500. The number of halogens is 3. The molecule has 0 spiro atoms. The Bertz CT molecular complexity index is 918. The highest BCUT2D eigenvalue weighted by atomic mass is 32.1. The quantitative estimate of drug-likeness (QED) is 0.673. The standard InChI is InChI=1S/C20H20F3NO6S/c21-20(22,23)30-11-3-1-10(2-4-11)28-8-13-12-5-6-16(29-17(12)7-15(13)25)18-24-14(9-31-18)19(26)27/h1-4,9,12-13,15-17,25H,5-8H2,(H,26,27)/t12-,13+,15-,16-,17+/m1/s1. The van der Waals surface area contributed by atoms with Crippen LogP contribution in [0.15, 0.2) is 29.6 Å². The summed E-state index contributed by atoms with van der Waals surface area (Å²) in [6, 6.07) is 5.11. The van der Waals surface area contributed by atoms with Crippen molar-refractivity contribution in [1.82, 2.24) is 4.98 Å². The number of hydrogen-bond donors (Lipinski definition) is 2. The highest BCUT2D eigenvalue weighted by molar-refractivity contribution is 7.09. The zero-order valence-corrected chi connectivity index (χ0v) is 16.9. The third-order valence-electron chi connectivity index (χ3n) is 5.61. The molecular weight excluding hydrogens is 439 g/mol. The van der Waals surface area contributed by atoms with Crippen molar-refractivity contribution in [3.63, 3.8) is 0 Å². The molecule has 1 aliphatic carbocycles. The number of thiazole rings is 1. The van der Waals surface area contributed by atoms with Crippen LogP contribution in [0.3, 0.4) is 0 Å². The van der Waals surface area contributed by atoms with Gasteiger partial charge in [0.25, 0.3) is 0 Å². The number of alkyl halides is 3. The van der Waals surface area contributed by atoms with E-state index in [4.69, 9.17) is 14.6 Å². The molecule has 2 aliphatic rings. The van der Waals surface area contributed by atoms with Crippen LogP contribution in [0.4, 0.5) is 13.2 Å². The highest BCUT2D eigenvalue weighted by Gasteiger charge is 2.47. The van der Waals surface area contributed by atoms with Gasteiger partial charge in [0.05, 0.1) is 18.8 Å². The molecule has 1 aliphatic heterocycles. The van der Waals surface area contributed by atoms with Crippen molar-refractivity contribution >= 4 is 17.3 Å².